The summed E-state index contributed by atoms with van der Waals surface area (Å²) in [5.41, 5.74) is 12.5. The summed E-state index contributed by atoms with van der Waals surface area (Å²) in [6.07, 6.45) is 7.44. The smallest absolute Gasteiger partial charge is 0.322 e. The average molecular weight is 394 g/mol. The van der Waals surface area contributed by atoms with Crippen LogP contribution >= 0.6 is 0 Å². The van der Waals surface area contributed by atoms with Gasteiger partial charge in [-0.15, -0.1) is 0 Å². The van der Waals surface area contributed by atoms with Crippen LogP contribution in [-0.4, -0.2) is 51.2 Å². The standard InChI is InChI=1S/C8H12N2O2.C6H9N3O2.2ClH/c1-12-8(11)7(9)4-6-2-3-10-5-6;7-5(6(10)11)1-4-2-8-3-9-4;;/h2-3,5,7,10H,4,9H2,1H3;2-3,5H,1,7H2,(H,8,9)(H,10,11);2*1H/p-2. The SMILES string of the molecule is COC(=O)C(N)Cc1cc[nH]c1.NC(Cc1cnc[nH]1)C(=O)O.[Cl-].[Cl-]. The van der Waals surface area contributed by atoms with Gasteiger partial charge in [-0.3, -0.25) is 9.59 Å². The molecule has 0 bridgehead atoms. The summed E-state index contributed by atoms with van der Waals surface area (Å²) in [6.45, 7) is 0. The number of carbonyl (C=O) groups is 2. The normalized spacial score (nSPS) is 11.6. The first kappa shape index (κ1) is 25.2. The minimum absolute atomic E-state index is 0. The van der Waals surface area contributed by atoms with Crippen molar-refractivity contribution in [2.45, 2.75) is 24.9 Å². The van der Waals surface area contributed by atoms with Gasteiger partial charge in [-0.25, -0.2) is 4.98 Å². The van der Waals surface area contributed by atoms with E-state index < -0.39 is 18.1 Å². The number of carboxylic acids is 1. The number of aliphatic carboxylic acids is 1. The molecule has 9 nitrogen and oxygen atoms in total. The number of hydrogen-bond acceptors (Lipinski definition) is 6. The fraction of sp³-hybridized carbons (Fsp3) is 0.357. The maximum absolute atomic E-state index is 10.9. The fourth-order valence-corrected chi connectivity index (χ4v) is 1.69. The molecule has 0 aliphatic rings. The van der Waals surface area contributed by atoms with Gasteiger partial charge in [-0.2, -0.15) is 0 Å². The van der Waals surface area contributed by atoms with Crippen LogP contribution in [0.4, 0.5) is 0 Å². The number of nitrogens with one attached hydrogen (secondary N) is 2. The number of H-pyrrole nitrogens is 2. The summed E-state index contributed by atoms with van der Waals surface area (Å²) < 4.78 is 4.49. The quantitative estimate of drug-likeness (QED) is 0.305. The number of hydrogen-bond donors (Lipinski definition) is 5. The Balaban J connectivity index is 0. The Morgan fingerprint density at radius 3 is 2.40 bits per heavy atom. The van der Waals surface area contributed by atoms with E-state index in [-0.39, 0.29) is 37.2 Å². The van der Waals surface area contributed by atoms with E-state index in [1.807, 2.05) is 12.3 Å². The number of ether oxygens (including phenoxy) is 1. The van der Waals surface area contributed by atoms with Crippen molar-refractivity contribution in [3.63, 3.8) is 0 Å². The predicted octanol–water partition coefficient (Wildman–Crippen LogP) is -6.57. The number of carboxylic acid groups (broad SMARTS) is 1. The van der Waals surface area contributed by atoms with Crippen molar-refractivity contribution in [2.75, 3.05) is 7.11 Å². The molecule has 7 N–H and O–H groups in total. The fourth-order valence-electron chi connectivity index (χ4n) is 1.69. The van der Waals surface area contributed by atoms with Gasteiger partial charge in [-0.1, -0.05) is 0 Å². The number of nitrogens with two attached hydrogens (primary N) is 2. The number of aromatic amines is 2. The highest BCUT2D eigenvalue weighted by molar-refractivity contribution is 5.75. The van der Waals surface area contributed by atoms with Gasteiger partial charge in [0.2, 0.25) is 0 Å². The second kappa shape index (κ2) is 13.2. The van der Waals surface area contributed by atoms with Gasteiger partial charge in [-0.05, 0) is 18.1 Å². The highest BCUT2D eigenvalue weighted by atomic mass is 35.5. The van der Waals surface area contributed by atoms with Crippen LogP contribution < -0.4 is 36.3 Å². The van der Waals surface area contributed by atoms with Crippen LogP contribution in [0.25, 0.3) is 0 Å². The maximum Gasteiger partial charge on any atom is 0.322 e. The third-order valence-electron chi connectivity index (χ3n) is 2.93. The van der Waals surface area contributed by atoms with Crippen LogP contribution in [0, 0.1) is 0 Å². The third-order valence-corrected chi connectivity index (χ3v) is 2.93. The van der Waals surface area contributed by atoms with Crippen LogP contribution in [0.3, 0.4) is 0 Å². The largest absolute Gasteiger partial charge is 1.00 e. The third kappa shape index (κ3) is 9.72. The molecule has 2 aromatic heterocycles. The summed E-state index contributed by atoms with van der Waals surface area (Å²) in [6, 6.07) is 0.462. The lowest BCUT2D eigenvalue weighted by Gasteiger charge is -2.06. The van der Waals surface area contributed by atoms with Crippen molar-refractivity contribution in [1.29, 1.82) is 0 Å². The lowest BCUT2D eigenvalue weighted by Crippen LogP contribution is -3.00. The van der Waals surface area contributed by atoms with E-state index in [9.17, 15) is 9.59 Å². The molecule has 0 saturated heterocycles. The molecule has 0 aliphatic heterocycles. The molecule has 2 atom stereocenters. The van der Waals surface area contributed by atoms with Crippen LogP contribution in [-0.2, 0) is 27.2 Å². The van der Waals surface area contributed by atoms with Crippen molar-refractivity contribution in [3.8, 4) is 0 Å². The van der Waals surface area contributed by atoms with Crippen LogP contribution in [0.15, 0.2) is 31.0 Å². The molecule has 0 aromatic carbocycles. The van der Waals surface area contributed by atoms with Crippen LogP contribution in [0.2, 0.25) is 0 Å². The first-order valence-corrected chi connectivity index (χ1v) is 6.84. The van der Waals surface area contributed by atoms with Gasteiger partial charge in [0.25, 0.3) is 0 Å². The van der Waals surface area contributed by atoms with E-state index in [1.54, 1.807) is 12.4 Å². The summed E-state index contributed by atoms with van der Waals surface area (Å²) in [5.74, 6) is -1.38. The van der Waals surface area contributed by atoms with E-state index in [0.717, 1.165) is 11.3 Å². The summed E-state index contributed by atoms with van der Waals surface area (Å²) in [7, 11) is 1.33. The number of nitrogens with zero attached hydrogens (tertiary/aromatic N) is 1. The zero-order chi connectivity index (χ0) is 17.2. The monoisotopic (exact) mass is 393 g/mol. The number of rotatable bonds is 6. The van der Waals surface area contributed by atoms with Crippen LogP contribution in [0.5, 0.6) is 0 Å². The van der Waals surface area contributed by atoms with Gasteiger partial charge in [0.15, 0.2) is 0 Å². The summed E-state index contributed by atoms with van der Waals surface area (Å²) in [5, 5.41) is 8.42. The van der Waals surface area contributed by atoms with E-state index >= 15 is 0 Å². The molecule has 0 radical (unpaired) electrons. The Kier molecular flexibility index (Phi) is 13.3. The molecular formula is C14H21Cl2N5O4-2. The zero-order valence-corrected chi connectivity index (χ0v) is 15.0. The second-order valence-corrected chi connectivity index (χ2v) is 4.78. The predicted molar refractivity (Wildman–Crippen MR) is 82.4 cm³/mol. The maximum atomic E-state index is 10.9. The van der Waals surface area contributed by atoms with Crippen molar-refractivity contribution < 1.29 is 44.2 Å². The lowest BCUT2D eigenvalue weighted by molar-refractivity contribution is -0.142. The highest BCUT2D eigenvalue weighted by Gasteiger charge is 2.14. The van der Waals surface area contributed by atoms with Crippen molar-refractivity contribution in [1.82, 2.24) is 15.0 Å². The molecule has 2 rings (SSSR count). The van der Waals surface area contributed by atoms with Gasteiger partial charge >= 0.3 is 11.9 Å². The van der Waals surface area contributed by atoms with Crippen molar-refractivity contribution in [2.24, 2.45) is 11.5 Å². The van der Waals surface area contributed by atoms with Crippen molar-refractivity contribution >= 4 is 11.9 Å². The van der Waals surface area contributed by atoms with E-state index in [2.05, 4.69) is 19.7 Å². The molecule has 0 fully saturated rings. The molecule has 142 valence electrons. The minimum atomic E-state index is -1.00. The number of esters is 1. The Labute approximate surface area is 157 Å². The molecule has 2 unspecified atom stereocenters. The number of carbonyl (C=O) groups excluding carboxylic acids is 1. The van der Waals surface area contributed by atoms with Gasteiger partial charge in [0, 0.05) is 30.7 Å². The molecule has 0 saturated carbocycles. The van der Waals surface area contributed by atoms with Gasteiger partial charge < -0.3 is 56.1 Å². The Bertz CT molecular complexity index is 592. The lowest BCUT2D eigenvalue weighted by atomic mass is 10.1. The Morgan fingerprint density at radius 2 is 1.96 bits per heavy atom. The number of imidazole rings is 1. The molecule has 2 heterocycles. The molecule has 2 aromatic rings. The Morgan fingerprint density at radius 1 is 1.28 bits per heavy atom. The first-order chi connectivity index (χ1) is 10.9. The zero-order valence-electron chi connectivity index (χ0n) is 13.5. The minimum Gasteiger partial charge on any atom is -1.00 e. The average Bonchev–Trinajstić information content (AvgIpc) is 3.20. The highest BCUT2D eigenvalue weighted by Crippen LogP contribution is 2.01. The number of methoxy groups -OCH3 is 1. The first-order valence-electron chi connectivity index (χ1n) is 6.84. The van der Waals surface area contributed by atoms with E-state index in [1.165, 1.54) is 13.4 Å². The van der Waals surface area contributed by atoms with Crippen LogP contribution in [0.1, 0.15) is 11.3 Å². The summed E-state index contributed by atoms with van der Waals surface area (Å²) in [4.78, 5) is 30.5. The van der Waals surface area contributed by atoms with Gasteiger partial charge in [0.05, 0.1) is 13.4 Å². The Hall–Kier alpha value is -2.07. The molecular weight excluding hydrogens is 373 g/mol. The molecule has 11 heteroatoms. The molecule has 0 amide bonds. The van der Waals surface area contributed by atoms with Crippen molar-refractivity contribution in [3.05, 3.63) is 42.2 Å². The van der Waals surface area contributed by atoms with E-state index in [4.69, 9.17) is 16.6 Å². The topological polar surface area (TPSA) is 160 Å². The molecule has 25 heavy (non-hydrogen) atoms. The molecule has 0 aliphatic carbocycles. The number of aromatic nitrogens is 3. The molecule has 0 spiro atoms. The second-order valence-electron chi connectivity index (χ2n) is 4.78. The number of halogens is 2. The van der Waals surface area contributed by atoms with E-state index in [0.29, 0.717) is 6.42 Å². The summed E-state index contributed by atoms with van der Waals surface area (Å²) >= 11 is 0. The van der Waals surface area contributed by atoms with Gasteiger partial charge in [0.1, 0.15) is 12.1 Å².